The van der Waals surface area contributed by atoms with Gasteiger partial charge in [0.05, 0.1) is 0 Å². The summed E-state index contributed by atoms with van der Waals surface area (Å²) in [5.41, 5.74) is 3.40. The second-order valence-electron chi connectivity index (χ2n) is 4.85. The van der Waals surface area contributed by atoms with E-state index < -0.39 is 22.9 Å². The molecule has 0 saturated heterocycles. The van der Waals surface area contributed by atoms with Crippen LogP contribution in [0.5, 0.6) is 0 Å². The van der Waals surface area contributed by atoms with Crippen LogP contribution in [-0.4, -0.2) is 0 Å². The van der Waals surface area contributed by atoms with E-state index in [9.17, 15) is 0 Å². The minimum atomic E-state index is -0.683. The van der Waals surface area contributed by atoms with Crippen molar-refractivity contribution in [3.8, 4) is 0 Å². The molecule has 106 valence electrons. The summed E-state index contributed by atoms with van der Waals surface area (Å²) in [7, 11) is 0. The van der Waals surface area contributed by atoms with E-state index in [1.807, 2.05) is 6.66 Å². The molecule has 0 unspecified atom stereocenters. The maximum atomic E-state index is 2.40. The molecule has 0 aromatic heterocycles. The molecule has 0 aliphatic heterocycles. The van der Waals surface area contributed by atoms with Crippen molar-refractivity contribution in [2.45, 2.75) is 52.4 Å². The monoisotopic (exact) mass is 434 g/mol. The Labute approximate surface area is 126 Å². The van der Waals surface area contributed by atoms with Gasteiger partial charge >= 0.3 is 117 Å². The van der Waals surface area contributed by atoms with Gasteiger partial charge < -0.3 is 0 Å². The molecule has 2 aliphatic rings. The van der Waals surface area contributed by atoms with Gasteiger partial charge in [-0.05, 0) is 0 Å². The van der Waals surface area contributed by atoms with Gasteiger partial charge in [0, 0.05) is 0 Å². The number of hydrogen-bond acceptors (Lipinski definition) is 0. The van der Waals surface area contributed by atoms with Crippen LogP contribution in [0.25, 0.3) is 0 Å². The summed E-state index contributed by atoms with van der Waals surface area (Å²) in [5.74, 6) is 0. The molecule has 0 saturated carbocycles. The van der Waals surface area contributed by atoms with E-state index in [0.29, 0.717) is 0 Å². The minimum absolute atomic E-state index is 0. The molecule has 2 aliphatic carbocycles. The first-order valence-corrected chi connectivity index (χ1v) is 10.5. The second kappa shape index (κ2) is 9.57. The Balaban J connectivity index is 0.00000162. The van der Waals surface area contributed by atoms with E-state index in [1.54, 1.807) is 11.1 Å². The Hall–Kier alpha value is -0.310. The van der Waals surface area contributed by atoms with Crippen LogP contribution in [0.2, 0.25) is 0 Å². The van der Waals surface area contributed by atoms with Crippen molar-refractivity contribution in [3.63, 3.8) is 0 Å². The Kier molecular flexibility index (Phi) is 9.42. The first-order chi connectivity index (χ1) is 8.35. The van der Waals surface area contributed by atoms with Crippen LogP contribution in [0.3, 0.4) is 0 Å². The van der Waals surface area contributed by atoms with Crippen molar-refractivity contribution >= 4 is 0 Å². The van der Waals surface area contributed by atoms with E-state index >= 15 is 0 Å². The fourth-order valence-corrected chi connectivity index (χ4v) is 8.09. The third kappa shape index (κ3) is 4.94. The van der Waals surface area contributed by atoms with E-state index in [2.05, 4.69) is 38.2 Å². The van der Waals surface area contributed by atoms with Crippen molar-refractivity contribution in [1.82, 2.24) is 0 Å². The molecular formula is C16H24F2Hf. The topological polar surface area (TPSA) is 0 Å². The molecule has 0 aromatic rings. The number of rotatable bonds is 6. The zero-order valence-electron chi connectivity index (χ0n) is 11.9. The van der Waals surface area contributed by atoms with Crippen LogP contribution < -0.4 is 0 Å². The average molecular weight is 433 g/mol. The molecule has 3 heteroatoms. The minimum Gasteiger partial charge on any atom is -0.269 e. The zero-order chi connectivity index (χ0) is 12.1. The Bertz CT molecular complexity index is 365. The summed E-state index contributed by atoms with van der Waals surface area (Å²) in [4.78, 5) is 0. The third-order valence-corrected chi connectivity index (χ3v) is 9.34. The number of halogens is 2. The van der Waals surface area contributed by atoms with Crippen LogP contribution in [0.1, 0.15) is 52.4 Å². The van der Waals surface area contributed by atoms with Crippen molar-refractivity contribution in [3.05, 3.63) is 42.1 Å². The molecule has 0 atom stereocenters. The number of hydrogen-bond donors (Lipinski definition) is 0. The Morgan fingerprint density at radius 2 is 1.26 bits per heavy atom. The van der Waals surface area contributed by atoms with Gasteiger partial charge in [-0.25, -0.2) is 0 Å². The molecular weight excluding hydrogens is 409 g/mol. The molecule has 0 spiro atoms. The van der Waals surface area contributed by atoms with Crippen LogP contribution >= 0.6 is 0 Å². The van der Waals surface area contributed by atoms with Gasteiger partial charge in [0.25, 0.3) is 0 Å². The van der Waals surface area contributed by atoms with Crippen LogP contribution in [0.15, 0.2) is 42.1 Å². The zero-order valence-corrected chi connectivity index (χ0v) is 15.5. The van der Waals surface area contributed by atoms with Crippen molar-refractivity contribution in [2.24, 2.45) is 0 Å². The van der Waals surface area contributed by atoms with E-state index in [0.717, 1.165) is 0 Å². The molecule has 0 N–H and O–H groups in total. The summed E-state index contributed by atoms with van der Waals surface area (Å²) < 4.78 is 3.75. The van der Waals surface area contributed by atoms with Crippen molar-refractivity contribution in [1.29, 1.82) is 0 Å². The van der Waals surface area contributed by atoms with Crippen LogP contribution in [-0.2, 0) is 22.9 Å². The largest absolute Gasteiger partial charge is 0.269 e. The van der Waals surface area contributed by atoms with Gasteiger partial charge in [-0.1, -0.05) is 0 Å². The van der Waals surface area contributed by atoms with E-state index in [1.165, 1.54) is 38.5 Å². The second-order valence-corrected chi connectivity index (χ2v) is 10.1. The first-order valence-electron chi connectivity index (χ1n) is 6.89. The fraction of sp³-hybridized carbons (Fsp3) is 0.500. The smallest absolute Gasteiger partial charge is 0.269 e. The normalized spacial score (nSPS) is 16.7. The van der Waals surface area contributed by atoms with Crippen LogP contribution in [0, 0.1) is 0 Å². The maximum Gasteiger partial charge on any atom is -0.269 e. The predicted molar refractivity (Wildman–Crippen MR) is 76.4 cm³/mol. The molecule has 0 fully saturated rings. The third-order valence-electron chi connectivity index (χ3n) is 3.40. The Morgan fingerprint density at radius 1 is 0.842 bits per heavy atom. The van der Waals surface area contributed by atoms with Gasteiger partial charge in [-0.2, -0.15) is 0 Å². The molecule has 2 rings (SSSR count). The van der Waals surface area contributed by atoms with E-state index in [4.69, 9.17) is 0 Å². The summed E-state index contributed by atoms with van der Waals surface area (Å²) in [6.45, 7) is 4.59. The van der Waals surface area contributed by atoms with Crippen LogP contribution in [0.4, 0.5) is 9.41 Å². The van der Waals surface area contributed by atoms with Gasteiger partial charge in [-0.15, -0.1) is 0 Å². The molecule has 0 heterocycles. The van der Waals surface area contributed by atoms with Crippen molar-refractivity contribution < 1.29 is 32.3 Å². The molecule has 0 nitrogen and oxygen atoms in total. The van der Waals surface area contributed by atoms with Crippen molar-refractivity contribution in [2.75, 3.05) is 0 Å². The molecule has 0 radical (unpaired) electrons. The first kappa shape index (κ1) is 18.7. The van der Waals surface area contributed by atoms with Gasteiger partial charge in [0.15, 0.2) is 0 Å². The predicted octanol–water partition coefficient (Wildman–Crippen LogP) is 5.40. The average Bonchev–Trinajstić information content (AvgIpc) is 2.92. The van der Waals surface area contributed by atoms with E-state index in [-0.39, 0.29) is 9.41 Å². The van der Waals surface area contributed by atoms with Gasteiger partial charge in [-0.3, -0.25) is 9.41 Å². The fourth-order valence-electron chi connectivity index (χ4n) is 2.55. The summed E-state index contributed by atoms with van der Waals surface area (Å²) in [6.07, 6.45) is 17.3. The standard InChI is InChI=1S/2C8H11.2FH.Hf/c2*1-2-5-8-6-3-4-7-8;;;/h2*3,6H,2,4-5H2,1H3;2*1H;. The number of allylic oxidation sites excluding steroid dienone is 8. The molecule has 0 amide bonds. The van der Waals surface area contributed by atoms with Gasteiger partial charge in [0.1, 0.15) is 0 Å². The quantitative estimate of drug-likeness (QED) is 0.493. The van der Waals surface area contributed by atoms with Gasteiger partial charge in [0.2, 0.25) is 0 Å². The molecule has 0 aromatic carbocycles. The molecule has 19 heavy (non-hydrogen) atoms. The SMILES string of the molecule is CCCC1=[C]([Hf][C]2=C(CCC)C=CC2)CC=C1.F.F. The summed E-state index contributed by atoms with van der Waals surface area (Å²) in [6, 6.07) is 0. The Morgan fingerprint density at radius 3 is 1.63 bits per heavy atom. The maximum absolute atomic E-state index is 2.40. The molecule has 0 bridgehead atoms. The summed E-state index contributed by atoms with van der Waals surface area (Å²) >= 11 is -0.683. The summed E-state index contributed by atoms with van der Waals surface area (Å²) in [5, 5.41) is 0.